The fourth-order valence-corrected chi connectivity index (χ4v) is 3.16. The summed E-state index contributed by atoms with van der Waals surface area (Å²) < 4.78 is 0. The average molecular weight is 482 g/mol. The zero-order chi connectivity index (χ0) is 26.1. The Bertz CT molecular complexity index is 1330. The molecule has 6 N–H and O–H groups in total. The fraction of sp³-hybridized carbons (Fsp3) is 0.250. The lowest BCUT2D eigenvalue weighted by Crippen LogP contribution is -2.19. The lowest BCUT2D eigenvalue weighted by molar-refractivity contribution is -0.138. The van der Waals surface area contributed by atoms with Gasteiger partial charge in [-0.25, -0.2) is 4.98 Å². The highest BCUT2D eigenvalue weighted by atomic mass is 16.4. The highest BCUT2D eigenvalue weighted by molar-refractivity contribution is 6.04. The van der Waals surface area contributed by atoms with E-state index < -0.39 is 23.8 Å². The lowest BCUT2D eigenvalue weighted by Gasteiger charge is -2.11. The number of carbonyl (C=O) groups is 4. The average Bonchev–Trinajstić information content (AvgIpc) is 2.78. The van der Waals surface area contributed by atoms with Gasteiger partial charge < -0.3 is 26.2 Å². The van der Waals surface area contributed by atoms with E-state index in [0.29, 0.717) is 28.0 Å². The third-order valence-electron chi connectivity index (χ3n) is 4.93. The molecular formula is C24H26N4O7. The van der Waals surface area contributed by atoms with E-state index in [-0.39, 0.29) is 36.8 Å². The predicted octanol–water partition coefficient (Wildman–Crippen LogP) is 2.15. The molecule has 0 atom stereocenters. The van der Waals surface area contributed by atoms with Crippen LogP contribution in [0.25, 0.3) is 10.9 Å². The van der Waals surface area contributed by atoms with Crippen LogP contribution in [0.1, 0.15) is 46.6 Å². The molecule has 0 radical (unpaired) electrons. The Morgan fingerprint density at radius 1 is 0.943 bits per heavy atom. The number of primary amides is 1. The van der Waals surface area contributed by atoms with Crippen LogP contribution in [0.4, 0.5) is 5.69 Å². The molecule has 2 amide bonds. The van der Waals surface area contributed by atoms with Gasteiger partial charge in [-0.1, -0.05) is 24.3 Å². The number of amides is 2. The molecule has 11 nitrogen and oxygen atoms in total. The number of para-hydroxylation sites is 2. The second-order valence-electron chi connectivity index (χ2n) is 7.68. The number of nitrogens with two attached hydrogens (primary N) is 1. The van der Waals surface area contributed by atoms with E-state index in [1.165, 1.54) is 6.07 Å². The summed E-state index contributed by atoms with van der Waals surface area (Å²) in [5, 5.41) is 20.1. The molecule has 0 aliphatic heterocycles. The minimum atomic E-state index is -1.05. The van der Waals surface area contributed by atoms with Gasteiger partial charge in [0.15, 0.2) is 0 Å². The van der Waals surface area contributed by atoms with Crippen molar-refractivity contribution < 1.29 is 29.4 Å². The van der Waals surface area contributed by atoms with Gasteiger partial charge in [-0.2, -0.15) is 0 Å². The molecule has 0 saturated carbocycles. The van der Waals surface area contributed by atoms with Crippen LogP contribution >= 0.6 is 0 Å². The van der Waals surface area contributed by atoms with Crippen molar-refractivity contribution >= 4 is 40.3 Å². The van der Waals surface area contributed by atoms with Crippen LogP contribution in [0, 0.1) is 13.8 Å². The van der Waals surface area contributed by atoms with Gasteiger partial charge >= 0.3 is 11.9 Å². The van der Waals surface area contributed by atoms with E-state index in [1.54, 1.807) is 31.2 Å². The minimum Gasteiger partial charge on any atom is -0.481 e. The first-order valence-corrected chi connectivity index (χ1v) is 10.6. The number of carboxylic acids is 2. The summed E-state index contributed by atoms with van der Waals surface area (Å²) >= 11 is 0. The highest BCUT2D eigenvalue weighted by Gasteiger charge is 2.13. The van der Waals surface area contributed by atoms with Gasteiger partial charge in [-0.05, 0) is 37.1 Å². The molecule has 3 rings (SSSR count). The van der Waals surface area contributed by atoms with Crippen molar-refractivity contribution in [1.82, 2.24) is 9.97 Å². The number of anilines is 1. The van der Waals surface area contributed by atoms with E-state index in [1.807, 2.05) is 13.0 Å². The standard InChI is InChI=1S/C12H14N2O4.C12H12N2O3/c1-7-3-2-4-8(12(13)18)11(7)14-9(15)5-6-10(16)17;1-7-3-2-4-8-11(7)13-9(14-12(8)17)5-6-10(15)16/h2-4H,5-6H2,1H3,(H2,13,18)(H,14,15)(H,16,17);2-4H,5-6H2,1H3,(H,15,16)(H,13,14,17). The number of benzene rings is 2. The third-order valence-corrected chi connectivity index (χ3v) is 4.93. The summed E-state index contributed by atoms with van der Waals surface area (Å²) in [6.45, 7) is 3.59. The van der Waals surface area contributed by atoms with Gasteiger partial charge in [-0.15, -0.1) is 0 Å². The number of aromatic nitrogens is 2. The van der Waals surface area contributed by atoms with Crippen molar-refractivity contribution in [3.05, 3.63) is 69.3 Å². The Morgan fingerprint density at radius 2 is 1.57 bits per heavy atom. The molecule has 3 aromatic rings. The number of aliphatic carboxylic acids is 2. The molecule has 0 bridgehead atoms. The number of aryl methyl sites for hydroxylation is 3. The topological polar surface area (TPSA) is 193 Å². The van der Waals surface area contributed by atoms with Gasteiger partial charge in [0.2, 0.25) is 5.91 Å². The molecule has 1 aromatic heterocycles. The quantitative estimate of drug-likeness (QED) is 0.322. The van der Waals surface area contributed by atoms with Crippen molar-refractivity contribution in [3.8, 4) is 0 Å². The second kappa shape index (κ2) is 12.1. The van der Waals surface area contributed by atoms with Crippen molar-refractivity contribution in [2.24, 2.45) is 5.73 Å². The Kier molecular flexibility index (Phi) is 9.21. The number of hydrogen-bond donors (Lipinski definition) is 5. The summed E-state index contributed by atoms with van der Waals surface area (Å²) in [5.41, 5.74) is 7.75. The van der Waals surface area contributed by atoms with Gasteiger partial charge in [0.1, 0.15) is 5.82 Å². The van der Waals surface area contributed by atoms with Gasteiger partial charge in [0, 0.05) is 12.8 Å². The predicted molar refractivity (Wildman–Crippen MR) is 128 cm³/mol. The zero-order valence-corrected chi connectivity index (χ0v) is 19.3. The summed E-state index contributed by atoms with van der Waals surface area (Å²) in [6, 6.07) is 10.3. The van der Waals surface area contributed by atoms with Crippen LogP contribution in [0.3, 0.4) is 0 Å². The van der Waals surface area contributed by atoms with Gasteiger partial charge in [0.05, 0.1) is 35.0 Å². The summed E-state index contributed by atoms with van der Waals surface area (Å²) in [4.78, 5) is 62.2. The van der Waals surface area contributed by atoms with Crippen LogP contribution in [0.2, 0.25) is 0 Å². The van der Waals surface area contributed by atoms with E-state index in [4.69, 9.17) is 15.9 Å². The Labute approximate surface area is 200 Å². The molecule has 0 aliphatic carbocycles. The van der Waals surface area contributed by atoms with Crippen molar-refractivity contribution in [1.29, 1.82) is 0 Å². The van der Waals surface area contributed by atoms with Crippen LogP contribution in [-0.4, -0.2) is 43.9 Å². The molecule has 0 fully saturated rings. The molecule has 11 heteroatoms. The monoisotopic (exact) mass is 482 g/mol. The van der Waals surface area contributed by atoms with Crippen molar-refractivity contribution in [2.45, 2.75) is 39.5 Å². The van der Waals surface area contributed by atoms with E-state index in [9.17, 15) is 24.0 Å². The first-order valence-electron chi connectivity index (χ1n) is 10.6. The molecule has 1 heterocycles. The number of H-pyrrole nitrogens is 1. The highest BCUT2D eigenvalue weighted by Crippen LogP contribution is 2.20. The number of nitrogens with zero attached hydrogens (tertiary/aromatic N) is 1. The maximum absolute atomic E-state index is 11.8. The lowest BCUT2D eigenvalue weighted by atomic mass is 10.1. The van der Waals surface area contributed by atoms with Crippen LogP contribution in [0.5, 0.6) is 0 Å². The third kappa shape index (κ3) is 7.77. The molecular weight excluding hydrogens is 456 g/mol. The van der Waals surface area contributed by atoms with Crippen LogP contribution in [-0.2, 0) is 20.8 Å². The molecule has 0 spiro atoms. The summed E-state index contributed by atoms with van der Waals surface area (Å²) in [7, 11) is 0. The van der Waals surface area contributed by atoms with Crippen molar-refractivity contribution in [2.75, 3.05) is 5.32 Å². The number of rotatable bonds is 8. The number of fused-ring (bicyclic) bond motifs is 1. The Morgan fingerprint density at radius 3 is 2.20 bits per heavy atom. The molecule has 0 aliphatic rings. The molecule has 0 unspecified atom stereocenters. The Hall–Kier alpha value is -4.54. The molecule has 184 valence electrons. The van der Waals surface area contributed by atoms with Gasteiger partial charge in [0.25, 0.3) is 11.5 Å². The summed E-state index contributed by atoms with van der Waals surface area (Å²) in [5.74, 6) is -2.65. The van der Waals surface area contributed by atoms with Crippen molar-refractivity contribution in [3.63, 3.8) is 0 Å². The normalized spacial score (nSPS) is 10.2. The number of carboxylic acid groups (broad SMARTS) is 2. The molecule has 0 saturated heterocycles. The number of aromatic amines is 1. The maximum atomic E-state index is 11.8. The molecule has 2 aromatic carbocycles. The number of carbonyl (C=O) groups excluding carboxylic acids is 2. The zero-order valence-electron chi connectivity index (χ0n) is 19.3. The Balaban J connectivity index is 0.000000247. The largest absolute Gasteiger partial charge is 0.481 e. The first-order chi connectivity index (χ1) is 16.5. The van der Waals surface area contributed by atoms with E-state index in [2.05, 4.69) is 15.3 Å². The fourth-order valence-electron chi connectivity index (χ4n) is 3.16. The smallest absolute Gasteiger partial charge is 0.303 e. The number of hydrogen-bond acceptors (Lipinski definition) is 6. The summed E-state index contributed by atoms with van der Waals surface area (Å²) in [6.07, 6.45) is -0.222. The number of nitrogens with one attached hydrogen (secondary N) is 2. The first kappa shape index (κ1) is 26.7. The SMILES string of the molecule is Cc1cccc(C(N)=O)c1NC(=O)CCC(=O)O.Cc1cccc2c(=O)[nH]c(CCC(=O)O)nc12. The van der Waals surface area contributed by atoms with Crippen LogP contribution < -0.4 is 16.6 Å². The van der Waals surface area contributed by atoms with E-state index >= 15 is 0 Å². The van der Waals surface area contributed by atoms with Gasteiger partial charge in [-0.3, -0.25) is 24.0 Å². The minimum absolute atomic E-state index is 0.0413. The van der Waals surface area contributed by atoms with E-state index in [0.717, 1.165) is 5.56 Å². The maximum Gasteiger partial charge on any atom is 0.303 e. The van der Waals surface area contributed by atoms with Crippen LogP contribution in [0.15, 0.2) is 41.2 Å². The second-order valence-corrected chi connectivity index (χ2v) is 7.68. The molecule has 35 heavy (non-hydrogen) atoms.